The molecule has 1 rings (SSSR count). The van der Waals surface area contributed by atoms with Gasteiger partial charge in [-0.05, 0) is 38.7 Å². The van der Waals surface area contributed by atoms with E-state index in [-0.39, 0.29) is 28.1 Å². The monoisotopic (exact) mass is 412 g/mol. The molecule has 0 saturated heterocycles. The third-order valence-corrected chi connectivity index (χ3v) is 5.46. The molecular weight excluding hydrogens is 380 g/mol. The first-order valence-electron chi connectivity index (χ1n) is 10.3. The van der Waals surface area contributed by atoms with Gasteiger partial charge in [0.25, 0.3) is 0 Å². The average molecular weight is 413 g/mol. The normalized spacial score (nSPS) is 10.8. The zero-order chi connectivity index (χ0) is 20.9. The van der Waals surface area contributed by atoms with Crippen molar-refractivity contribution < 1.29 is 24.5 Å². The van der Waals surface area contributed by atoms with Gasteiger partial charge in [0.05, 0.1) is 17.2 Å². The lowest BCUT2D eigenvalue weighted by Crippen LogP contribution is -2.03. The number of rotatable bonds is 14. The second-order valence-electron chi connectivity index (χ2n) is 7.13. The number of carbonyl (C=O) groups excluding carboxylic acids is 2. The fraction of sp³-hybridized carbons (Fsp3) is 0.636. The van der Waals surface area contributed by atoms with Crippen molar-refractivity contribution in [2.24, 2.45) is 0 Å². The van der Waals surface area contributed by atoms with Crippen LogP contribution in [-0.2, 0) is 16.0 Å². The highest BCUT2D eigenvalue weighted by Crippen LogP contribution is 2.40. The van der Waals surface area contributed by atoms with E-state index >= 15 is 0 Å². The minimum atomic E-state index is -0.155. The Balaban J connectivity index is 2.18. The molecule has 0 atom stereocenters. The molecule has 0 radical (unpaired) electrons. The summed E-state index contributed by atoms with van der Waals surface area (Å²) in [6, 6.07) is 0. The Hall–Kier alpha value is -1.75. The molecule has 0 unspecified atom stereocenters. The number of carbonyl (C=O) groups is 2. The number of phenols is 2. The molecule has 0 aliphatic carbocycles. The molecule has 0 spiro atoms. The number of unbranched alkanes of at least 4 members (excludes halogenated alkanes) is 8. The Kier molecular flexibility index (Phi) is 11.7. The number of aldehydes is 1. The number of halogens is 1. The molecule has 0 aromatic heterocycles. The van der Waals surface area contributed by atoms with Crippen LogP contribution in [0.5, 0.6) is 11.5 Å². The number of aromatic hydroxyl groups is 2. The van der Waals surface area contributed by atoms with Crippen LogP contribution >= 0.6 is 11.6 Å². The number of ether oxygens (including phenoxy) is 1. The van der Waals surface area contributed by atoms with Gasteiger partial charge in [0.1, 0.15) is 11.5 Å². The van der Waals surface area contributed by atoms with E-state index < -0.39 is 0 Å². The molecule has 158 valence electrons. The van der Waals surface area contributed by atoms with Gasteiger partial charge >= 0.3 is 5.97 Å². The van der Waals surface area contributed by atoms with Crippen molar-refractivity contribution in [3.8, 4) is 11.5 Å². The largest absolute Gasteiger partial charge is 0.507 e. The van der Waals surface area contributed by atoms with Crippen molar-refractivity contribution in [3.05, 3.63) is 21.7 Å². The first-order valence-corrected chi connectivity index (χ1v) is 10.6. The Labute approximate surface area is 173 Å². The van der Waals surface area contributed by atoms with Gasteiger partial charge in [-0.1, -0.05) is 56.5 Å². The average Bonchev–Trinajstić information content (AvgIpc) is 2.67. The lowest BCUT2D eigenvalue weighted by atomic mass is 9.97. The maximum atomic E-state index is 11.2. The molecule has 0 heterocycles. The van der Waals surface area contributed by atoms with Crippen LogP contribution in [-0.4, -0.2) is 29.1 Å². The first kappa shape index (κ1) is 24.3. The minimum Gasteiger partial charge on any atom is -0.507 e. The van der Waals surface area contributed by atoms with Gasteiger partial charge in [0.15, 0.2) is 6.29 Å². The zero-order valence-corrected chi connectivity index (χ0v) is 17.8. The number of hydrogen-bond acceptors (Lipinski definition) is 5. The molecule has 0 aliphatic heterocycles. The fourth-order valence-electron chi connectivity index (χ4n) is 3.30. The van der Waals surface area contributed by atoms with Gasteiger partial charge in [-0.25, -0.2) is 0 Å². The standard InChI is InChI=1S/C22H33ClO5/c1-3-28-19(25)14-12-10-8-6-4-5-7-9-11-13-17-21(26)18(15-24)16(2)20(23)22(17)27/h15,26-27H,3-14H2,1-2H3. The molecule has 5 nitrogen and oxygen atoms in total. The van der Waals surface area contributed by atoms with Crippen molar-refractivity contribution in [3.63, 3.8) is 0 Å². The quantitative estimate of drug-likeness (QED) is 0.226. The highest BCUT2D eigenvalue weighted by atomic mass is 35.5. The summed E-state index contributed by atoms with van der Waals surface area (Å²) in [5.74, 6) is -0.378. The van der Waals surface area contributed by atoms with Gasteiger partial charge in [-0.3, -0.25) is 9.59 Å². The maximum Gasteiger partial charge on any atom is 0.305 e. The maximum absolute atomic E-state index is 11.2. The van der Waals surface area contributed by atoms with Crippen LogP contribution in [0.25, 0.3) is 0 Å². The molecule has 1 aromatic carbocycles. The molecule has 0 fully saturated rings. The van der Waals surface area contributed by atoms with Crippen LogP contribution in [0, 0.1) is 6.92 Å². The van der Waals surface area contributed by atoms with Gasteiger partial charge < -0.3 is 14.9 Å². The zero-order valence-electron chi connectivity index (χ0n) is 17.1. The van der Waals surface area contributed by atoms with E-state index in [0.717, 1.165) is 44.9 Å². The highest BCUT2D eigenvalue weighted by molar-refractivity contribution is 6.33. The van der Waals surface area contributed by atoms with Crippen LogP contribution < -0.4 is 0 Å². The van der Waals surface area contributed by atoms with Crippen LogP contribution in [0.15, 0.2) is 0 Å². The lowest BCUT2D eigenvalue weighted by molar-refractivity contribution is -0.143. The predicted octanol–water partition coefficient (Wildman–Crippen LogP) is 5.88. The molecular formula is C22H33ClO5. The molecule has 0 amide bonds. The number of hydrogen-bond donors (Lipinski definition) is 2. The van der Waals surface area contributed by atoms with Crippen LogP contribution in [0.3, 0.4) is 0 Å². The Morgan fingerprint density at radius 3 is 2.04 bits per heavy atom. The Bertz CT molecular complexity index is 643. The summed E-state index contributed by atoms with van der Waals surface area (Å²) in [7, 11) is 0. The Morgan fingerprint density at radius 1 is 0.964 bits per heavy atom. The van der Waals surface area contributed by atoms with Crippen molar-refractivity contribution >= 4 is 23.9 Å². The van der Waals surface area contributed by atoms with E-state index in [1.165, 1.54) is 12.8 Å². The first-order chi connectivity index (χ1) is 13.4. The van der Waals surface area contributed by atoms with E-state index in [4.69, 9.17) is 16.3 Å². The summed E-state index contributed by atoms with van der Waals surface area (Å²) in [5, 5.41) is 20.5. The topological polar surface area (TPSA) is 83.8 Å². The van der Waals surface area contributed by atoms with E-state index in [1.54, 1.807) is 6.92 Å². The lowest BCUT2D eigenvalue weighted by Gasteiger charge is -2.13. The minimum absolute atomic E-state index is 0.102. The summed E-state index contributed by atoms with van der Waals surface area (Å²) < 4.78 is 4.90. The summed E-state index contributed by atoms with van der Waals surface area (Å²) in [6.07, 6.45) is 11.1. The van der Waals surface area contributed by atoms with Crippen molar-refractivity contribution in [1.82, 2.24) is 0 Å². The molecule has 1 aromatic rings. The van der Waals surface area contributed by atoms with Gasteiger partial charge in [0.2, 0.25) is 0 Å². The second-order valence-corrected chi connectivity index (χ2v) is 7.51. The van der Waals surface area contributed by atoms with E-state index in [0.29, 0.717) is 36.9 Å². The number of phenolic OH excluding ortho intramolecular Hbond substituents is 2. The predicted molar refractivity (Wildman–Crippen MR) is 111 cm³/mol. The number of esters is 1. The molecule has 6 heteroatoms. The fourth-order valence-corrected chi connectivity index (χ4v) is 3.52. The summed E-state index contributed by atoms with van der Waals surface area (Å²) >= 11 is 6.06. The smallest absolute Gasteiger partial charge is 0.305 e. The van der Waals surface area contributed by atoms with Crippen molar-refractivity contribution in [2.45, 2.75) is 84.5 Å². The summed E-state index contributed by atoms with van der Waals surface area (Å²) in [6.45, 7) is 3.88. The van der Waals surface area contributed by atoms with Crippen LogP contribution in [0.4, 0.5) is 0 Å². The Morgan fingerprint density at radius 2 is 1.50 bits per heavy atom. The highest BCUT2D eigenvalue weighted by Gasteiger charge is 2.19. The third kappa shape index (κ3) is 7.70. The molecule has 2 N–H and O–H groups in total. The third-order valence-electron chi connectivity index (χ3n) is 5.00. The van der Waals surface area contributed by atoms with Gasteiger partial charge in [-0.2, -0.15) is 0 Å². The van der Waals surface area contributed by atoms with Crippen molar-refractivity contribution in [2.75, 3.05) is 6.61 Å². The van der Waals surface area contributed by atoms with Crippen LogP contribution in [0.2, 0.25) is 5.02 Å². The summed E-state index contributed by atoms with van der Waals surface area (Å²) in [4.78, 5) is 22.4. The molecule has 0 saturated carbocycles. The van der Waals surface area contributed by atoms with E-state index in [1.807, 2.05) is 6.92 Å². The molecule has 28 heavy (non-hydrogen) atoms. The van der Waals surface area contributed by atoms with Gasteiger partial charge in [-0.15, -0.1) is 0 Å². The molecule has 0 bridgehead atoms. The van der Waals surface area contributed by atoms with Crippen molar-refractivity contribution in [1.29, 1.82) is 0 Å². The van der Waals surface area contributed by atoms with Gasteiger partial charge in [0, 0.05) is 12.0 Å². The summed E-state index contributed by atoms with van der Waals surface area (Å²) in [5.41, 5.74) is 0.915. The van der Waals surface area contributed by atoms with Crippen LogP contribution in [0.1, 0.15) is 92.6 Å². The molecule has 0 aliphatic rings. The second kappa shape index (κ2) is 13.4. The van der Waals surface area contributed by atoms with E-state index in [9.17, 15) is 19.8 Å². The number of benzene rings is 1. The van der Waals surface area contributed by atoms with E-state index in [2.05, 4.69) is 0 Å². The SMILES string of the molecule is CCOC(=O)CCCCCCCCCCCc1c(O)c(Cl)c(C)c(C=O)c1O.